The van der Waals surface area contributed by atoms with Gasteiger partial charge in [0.2, 0.25) is 11.8 Å². The van der Waals surface area contributed by atoms with E-state index in [1.807, 2.05) is 13.8 Å². The zero-order valence-corrected chi connectivity index (χ0v) is 15.9. The van der Waals surface area contributed by atoms with Crippen molar-refractivity contribution in [1.29, 1.82) is 0 Å². The monoisotopic (exact) mass is 399 g/mol. The molecule has 2 aromatic rings. The smallest absolute Gasteiger partial charge is 0.344 e. The quantitative estimate of drug-likeness (QED) is 0.775. The number of hydrogen-bond acceptors (Lipinski definition) is 4. The fourth-order valence-electron chi connectivity index (χ4n) is 2.40. The Balaban J connectivity index is 2.02. The second kappa shape index (κ2) is 8.51. The Morgan fingerprint density at radius 2 is 1.81 bits per heavy atom. The summed E-state index contributed by atoms with van der Waals surface area (Å²) < 4.78 is 37.8. The predicted octanol–water partition coefficient (Wildman–Crippen LogP) is 3.85. The number of anilines is 1. The third-order valence-electron chi connectivity index (χ3n) is 3.75. The van der Waals surface area contributed by atoms with Crippen molar-refractivity contribution in [1.82, 2.24) is 10.3 Å². The first-order valence-electron chi connectivity index (χ1n) is 8.25. The van der Waals surface area contributed by atoms with Crippen LogP contribution in [0.25, 0.3) is 0 Å². The van der Waals surface area contributed by atoms with E-state index >= 15 is 0 Å². The van der Waals surface area contributed by atoms with Crippen LogP contribution in [0.2, 0.25) is 0 Å². The Morgan fingerprint density at radius 1 is 1.19 bits per heavy atom. The zero-order valence-electron chi connectivity index (χ0n) is 15.1. The Morgan fingerprint density at radius 3 is 2.33 bits per heavy atom. The molecule has 0 fully saturated rings. The molecule has 9 heteroatoms. The molecule has 2 amide bonds. The predicted molar refractivity (Wildman–Crippen MR) is 97.4 cm³/mol. The van der Waals surface area contributed by atoms with Crippen LogP contribution in [-0.4, -0.2) is 22.8 Å². The molecule has 1 heterocycles. The van der Waals surface area contributed by atoms with Gasteiger partial charge in [-0.25, -0.2) is 4.98 Å². The summed E-state index contributed by atoms with van der Waals surface area (Å²) in [6.45, 7) is 4.98. The molecular weight excluding hydrogens is 379 g/mol. The van der Waals surface area contributed by atoms with Gasteiger partial charge in [0.1, 0.15) is 6.04 Å². The number of amides is 2. The average Bonchev–Trinajstić information content (AvgIpc) is 2.98. The molecule has 1 aromatic heterocycles. The standard InChI is InChI=1S/C18H20F3N3O2S/c1-10(2)15(23-11(3)25)16(26)24-17-22-9-14(27-17)8-12-4-6-13(7-5-12)18(19,20)21/h4-7,9-10,15H,8H2,1-3H3,(H,23,25)(H,22,24,26)/t15-/m1/s1. The molecule has 0 aliphatic carbocycles. The van der Waals surface area contributed by atoms with Crippen LogP contribution >= 0.6 is 11.3 Å². The van der Waals surface area contributed by atoms with Gasteiger partial charge in [-0.05, 0) is 23.6 Å². The first-order valence-corrected chi connectivity index (χ1v) is 9.06. The number of halogens is 3. The summed E-state index contributed by atoms with van der Waals surface area (Å²) in [5.74, 6) is -0.762. The van der Waals surface area contributed by atoms with Gasteiger partial charge < -0.3 is 10.6 Å². The maximum atomic E-state index is 12.6. The fraction of sp³-hybridized carbons (Fsp3) is 0.389. The highest BCUT2D eigenvalue weighted by atomic mass is 32.1. The number of aromatic nitrogens is 1. The van der Waals surface area contributed by atoms with E-state index < -0.39 is 17.8 Å². The second-order valence-electron chi connectivity index (χ2n) is 6.41. The van der Waals surface area contributed by atoms with Gasteiger partial charge >= 0.3 is 6.18 Å². The molecule has 27 heavy (non-hydrogen) atoms. The molecule has 0 radical (unpaired) electrons. The summed E-state index contributed by atoms with van der Waals surface area (Å²) in [5, 5.41) is 5.64. The molecule has 0 spiro atoms. The van der Waals surface area contributed by atoms with Crippen LogP contribution < -0.4 is 10.6 Å². The van der Waals surface area contributed by atoms with E-state index in [2.05, 4.69) is 15.6 Å². The lowest BCUT2D eigenvalue weighted by Gasteiger charge is -2.20. The van der Waals surface area contributed by atoms with Crippen LogP contribution in [0.15, 0.2) is 30.5 Å². The number of carbonyl (C=O) groups excluding carboxylic acids is 2. The number of carbonyl (C=O) groups is 2. The zero-order chi connectivity index (χ0) is 20.2. The lowest BCUT2D eigenvalue weighted by molar-refractivity contribution is -0.137. The molecule has 0 unspecified atom stereocenters. The molecule has 0 aliphatic rings. The fourth-order valence-corrected chi connectivity index (χ4v) is 3.25. The highest BCUT2D eigenvalue weighted by Gasteiger charge is 2.30. The summed E-state index contributed by atoms with van der Waals surface area (Å²) in [4.78, 5) is 28.5. The van der Waals surface area contributed by atoms with Crippen LogP contribution in [0.3, 0.4) is 0 Å². The Kier molecular flexibility index (Phi) is 6.59. The molecule has 0 aliphatic heterocycles. The van der Waals surface area contributed by atoms with Crippen molar-refractivity contribution in [2.24, 2.45) is 5.92 Å². The SMILES string of the molecule is CC(=O)N[C@@H](C(=O)Nc1ncc(Cc2ccc(C(F)(F)F)cc2)s1)C(C)C. The highest BCUT2D eigenvalue weighted by molar-refractivity contribution is 7.15. The van der Waals surface area contributed by atoms with Gasteiger partial charge in [-0.2, -0.15) is 13.2 Å². The van der Waals surface area contributed by atoms with Gasteiger partial charge in [-0.1, -0.05) is 26.0 Å². The summed E-state index contributed by atoms with van der Waals surface area (Å²) in [6.07, 6.45) is -2.38. The molecule has 2 N–H and O–H groups in total. The van der Waals surface area contributed by atoms with Crippen LogP contribution in [0.1, 0.15) is 36.8 Å². The summed E-state index contributed by atoms with van der Waals surface area (Å²) >= 11 is 1.24. The van der Waals surface area contributed by atoms with Crippen molar-refractivity contribution in [3.05, 3.63) is 46.5 Å². The first-order chi connectivity index (χ1) is 12.6. The van der Waals surface area contributed by atoms with Crippen molar-refractivity contribution in [2.75, 3.05) is 5.32 Å². The van der Waals surface area contributed by atoms with Crippen LogP contribution in [0.4, 0.5) is 18.3 Å². The van der Waals surface area contributed by atoms with Crippen molar-refractivity contribution < 1.29 is 22.8 Å². The van der Waals surface area contributed by atoms with E-state index in [4.69, 9.17) is 0 Å². The van der Waals surface area contributed by atoms with Gasteiger partial charge in [0.05, 0.1) is 5.56 Å². The first kappa shape index (κ1) is 20.9. The third-order valence-corrected chi connectivity index (χ3v) is 4.66. The van der Waals surface area contributed by atoms with Crippen LogP contribution in [0.5, 0.6) is 0 Å². The number of alkyl halides is 3. The van der Waals surface area contributed by atoms with Gasteiger partial charge in [-0.15, -0.1) is 11.3 Å². The summed E-state index contributed by atoms with van der Waals surface area (Å²) in [6, 6.07) is 4.25. The topological polar surface area (TPSA) is 71.1 Å². The lowest BCUT2D eigenvalue weighted by atomic mass is 10.0. The Labute approximate surface area is 159 Å². The van der Waals surface area contributed by atoms with E-state index in [0.29, 0.717) is 17.1 Å². The van der Waals surface area contributed by atoms with Crippen LogP contribution in [-0.2, 0) is 22.2 Å². The number of nitrogens with one attached hydrogen (secondary N) is 2. The third kappa shape index (κ3) is 6.06. The number of nitrogens with zero attached hydrogens (tertiary/aromatic N) is 1. The highest BCUT2D eigenvalue weighted by Crippen LogP contribution is 2.30. The minimum absolute atomic E-state index is 0.0968. The Hall–Kier alpha value is -2.42. The molecule has 5 nitrogen and oxygen atoms in total. The normalized spacial score (nSPS) is 12.7. The summed E-state index contributed by atoms with van der Waals surface area (Å²) in [7, 11) is 0. The van der Waals surface area contributed by atoms with Gasteiger partial charge in [0, 0.05) is 24.4 Å². The van der Waals surface area contributed by atoms with E-state index in [1.165, 1.54) is 30.4 Å². The van der Waals surface area contributed by atoms with Gasteiger partial charge in [0.25, 0.3) is 0 Å². The average molecular weight is 399 g/mol. The number of rotatable bonds is 6. The van der Waals surface area contributed by atoms with E-state index in [9.17, 15) is 22.8 Å². The van der Waals surface area contributed by atoms with Crippen LogP contribution in [0, 0.1) is 5.92 Å². The Bertz CT molecular complexity index is 801. The number of thiazole rings is 1. The molecule has 2 rings (SSSR count). The van der Waals surface area contributed by atoms with Gasteiger partial charge in [-0.3, -0.25) is 9.59 Å². The van der Waals surface area contributed by atoms with E-state index in [-0.39, 0.29) is 17.7 Å². The van der Waals surface area contributed by atoms with Crippen molar-refractivity contribution in [2.45, 2.75) is 39.4 Å². The van der Waals surface area contributed by atoms with Crippen molar-refractivity contribution >= 4 is 28.3 Å². The molecule has 146 valence electrons. The second-order valence-corrected chi connectivity index (χ2v) is 7.53. The minimum Gasteiger partial charge on any atom is -0.344 e. The van der Waals surface area contributed by atoms with Gasteiger partial charge in [0.15, 0.2) is 5.13 Å². The van der Waals surface area contributed by atoms with Crippen molar-refractivity contribution in [3.63, 3.8) is 0 Å². The maximum Gasteiger partial charge on any atom is 0.416 e. The lowest BCUT2D eigenvalue weighted by Crippen LogP contribution is -2.46. The molecule has 1 atom stereocenters. The number of benzene rings is 1. The van der Waals surface area contributed by atoms with E-state index in [0.717, 1.165) is 17.0 Å². The molecule has 1 aromatic carbocycles. The minimum atomic E-state index is -4.36. The molecule has 0 bridgehead atoms. The largest absolute Gasteiger partial charge is 0.416 e. The van der Waals surface area contributed by atoms with Crippen molar-refractivity contribution in [3.8, 4) is 0 Å². The molecule has 0 saturated heterocycles. The van der Waals surface area contributed by atoms with E-state index in [1.54, 1.807) is 6.20 Å². The number of hydrogen-bond donors (Lipinski definition) is 2. The molecular formula is C18H20F3N3O2S. The molecule has 0 saturated carbocycles. The maximum absolute atomic E-state index is 12.6. The summed E-state index contributed by atoms with van der Waals surface area (Å²) in [5.41, 5.74) is 0.0176.